The minimum Gasteiger partial charge on any atom is -0.0642 e. The van der Waals surface area contributed by atoms with E-state index >= 15 is 0 Å². The van der Waals surface area contributed by atoms with Gasteiger partial charge in [-0.1, -0.05) is 140 Å². The van der Waals surface area contributed by atoms with E-state index in [1.165, 1.54) is 100 Å². The summed E-state index contributed by atoms with van der Waals surface area (Å²) in [5.41, 5.74) is 26.3. The van der Waals surface area contributed by atoms with Crippen LogP contribution in [-0.4, -0.2) is 0 Å². The highest BCUT2D eigenvalue weighted by Crippen LogP contribution is 2.58. The largest absolute Gasteiger partial charge is 0.0642 e. The first kappa shape index (κ1) is 36.0. The summed E-state index contributed by atoms with van der Waals surface area (Å²) in [5, 5.41) is 0. The van der Waals surface area contributed by atoms with Gasteiger partial charge in [-0.05, 0) is 176 Å². The van der Waals surface area contributed by atoms with Gasteiger partial charge in [0.2, 0.25) is 0 Å². The van der Waals surface area contributed by atoms with Crippen molar-refractivity contribution in [1.82, 2.24) is 0 Å². The molecule has 0 fully saturated rings. The van der Waals surface area contributed by atoms with Crippen LogP contribution in [-0.2, 0) is 29.1 Å². The number of benzene rings is 6. The van der Waals surface area contributed by atoms with Crippen LogP contribution in [0.2, 0.25) is 0 Å². The molecular weight excluding hydrogens is 661 g/mol. The van der Waals surface area contributed by atoms with Gasteiger partial charge in [0.1, 0.15) is 0 Å². The molecule has 0 heterocycles. The van der Waals surface area contributed by atoms with E-state index in [1.54, 1.807) is 0 Å². The summed E-state index contributed by atoms with van der Waals surface area (Å²) >= 11 is 0. The molecule has 278 valence electrons. The molecule has 3 aliphatic rings. The van der Waals surface area contributed by atoms with Crippen molar-refractivity contribution in [2.24, 2.45) is 0 Å². The molecule has 0 aliphatic heterocycles. The second-order valence-electron chi connectivity index (χ2n) is 16.8. The Morgan fingerprint density at radius 1 is 0.291 bits per heavy atom. The van der Waals surface area contributed by atoms with Gasteiger partial charge in [0, 0.05) is 16.2 Å². The van der Waals surface area contributed by atoms with Crippen LogP contribution in [0.15, 0.2) is 109 Å². The van der Waals surface area contributed by atoms with Crippen molar-refractivity contribution in [2.75, 3.05) is 0 Å². The second kappa shape index (κ2) is 13.2. The number of hydrogen-bond donors (Lipinski definition) is 0. The van der Waals surface area contributed by atoms with E-state index in [9.17, 15) is 0 Å². The quantitative estimate of drug-likeness (QED) is 0.132. The summed E-state index contributed by atoms with van der Waals surface area (Å²) in [6, 6.07) is 43.7. The number of hydrogen-bond acceptors (Lipinski definition) is 0. The molecule has 55 heavy (non-hydrogen) atoms. The molecule has 0 radical (unpaired) electrons. The van der Waals surface area contributed by atoms with Crippen molar-refractivity contribution in [2.45, 2.75) is 123 Å². The van der Waals surface area contributed by atoms with Crippen LogP contribution >= 0.6 is 0 Å². The van der Waals surface area contributed by atoms with E-state index in [4.69, 9.17) is 0 Å². The molecule has 0 atom stereocenters. The average Bonchev–Trinajstić information content (AvgIpc) is 3.80. The third-order valence-electron chi connectivity index (χ3n) is 15.3. The Kier molecular flexibility index (Phi) is 8.65. The minimum atomic E-state index is -0.0266. The van der Waals surface area contributed by atoms with E-state index in [1.807, 2.05) is 0 Å². The lowest BCUT2D eigenvalue weighted by Crippen LogP contribution is -2.24. The smallest absolute Gasteiger partial charge is 0.0210 e. The molecule has 9 rings (SSSR count). The van der Waals surface area contributed by atoms with Crippen LogP contribution in [0, 0.1) is 0 Å². The predicted molar refractivity (Wildman–Crippen MR) is 236 cm³/mol. The maximum atomic E-state index is 2.63. The first-order chi connectivity index (χ1) is 26.8. The Hall–Kier alpha value is -4.68. The minimum absolute atomic E-state index is 0.0266. The summed E-state index contributed by atoms with van der Waals surface area (Å²) in [4.78, 5) is 0. The van der Waals surface area contributed by atoms with Gasteiger partial charge in [-0.25, -0.2) is 0 Å². The standard InChI is InChI=1S/C55H58/c1-9-35-29-45-40-22-18-20-24-48(40)54(13-5,14-6)51(45)33-43(35)38-26-28-42-46-30-36(10-2)44(34-52(46)55(15-7,16-8)50(42)32-38)37-25-27-41-39-21-17-19-23-47(39)53(11-3,12-4)49(41)31-37/h17-34H,9-16H2,1-8H3. The fourth-order valence-corrected chi connectivity index (χ4v) is 12.1. The molecular formula is C55H58. The van der Waals surface area contributed by atoms with Gasteiger partial charge < -0.3 is 0 Å². The Morgan fingerprint density at radius 3 is 1.02 bits per heavy atom. The Labute approximate surface area is 331 Å². The zero-order chi connectivity index (χ0) is 38.3. The zero-order valence-electron chi connectivity index (χ0n) is 34.5. The number of fused-ring (bicyclic) bond motifs is 9. The second-order valence-corrected chi connectivity index (χ2v) is 16.8. The topological polar surface area (TPSA) is 0 Å². The van der Waals surface area contributed by atoms with Crippen LogP contribution in [0.3, 0.4) is 0 Å². The Balaban J connectivity index is 1.20. The monoisotopic (exact) mass is 718 g/mol. The zero-order valence-corrected chi connectivity index (χ0v) is 34.5. The van der Waals surface area contributed by atoms with Gasteiger partial charge in [0.25, 0.3) is 0 Å². The molecule has 0 N–H and O–H groups in total. The SMILES string of the molecule is CCc1cc2c(cc1-c1ccc3c(c1)C(CC)(CC)c1cc(-c4ccc5c(c4)C(CC)(CC)c4ccccc4-5)c(CC)cc1-3)C(CC)(CC)c1ccccc1-2. The van der Waals surface area contributed by atoms with Crippen LogP contribution in [0.5, 0.6) is 0 Å². The van der Waals surface area contributed by atoms with Crippen LogP contribution in [0.25, 0.3) is 55.6 Å². The molecule has 3 aliphatic carbocycles. The van der Waals surface area contributed by atoms with Crippen molar-refractivity contribution in [3.8, 4) is 55.6 Å². The molecule has 6 aromatic rings. The third-order valence-corrected chi connectivity index (χ3v) is 15.3. The van der Waals surface area contributed by atoms with Gasteiger partial charge in [0.05, 0.1) is 0 Å². The van der Waals surface area contributed by atoms with E-state index < -0.39 is 0 Å². The first-order valence-corrected chi connectivity index (χ1v) is 21.7. The van der Waals surface area contributed by atoms with Gasteiger partial charge in [-0.3, -0.25) is 0 Å². The van der Waals surface area contributed by atoms with E-state index in [2.05, 4.69) is 165 Å². The lowest BCUT2D eigenvalue weighted by atomic mass is 9.71. The molecule has 0 nitrogen and oxygen atoms in total. The summed E-state index contributed by atoms with van der Waals surface area (Å²) in [6.45, 7) is 19.1. The summed E-state index contributed by atoms with van der Waals surface area (Å²) < 4.78 is 0. The summed E-state index contributed by atoms with van der Waals surface area (Å²) in [7, 11) is 0. The highest BCUT2D eigenvalue weighted by atomic mass is 14.5. The van der Waals surface area contributed by atoms with E-state index in [-0.39, 0.29) is 16.2 Å². The van der Waals surface area contributed by atoms with E-state index in [0.29, 0.717) is 0 Å². The Bertz CT molecular complexity index is 2470. The van der Waals surface area contributed by atoms with Crippen molar-refractivity contribution in [3.63, 3.8) is 0 Å². The van der Waals surface area contributed by atoms with Crippen LogP contribution in [0.1, 0.15) is 138 Å². The van der Waals surface area contributed by atoms with Gasteiger partial charge in [0.15, 0.2) is 0 Å². The van der Waals surface area contributed by atoms with Crippen molar-refractivity contribution in [3.05, 3.63) is 154 Å². The fourth-order valence-electron chi connectivity index (χ4n) is 12.1. The molecule has 0 aromatic heterocycles. The Morgan fingerprint density at radius 2 is 0.618 bits per heavy atom. The predicted octanol–water partition coefficient (Wildman–Crippen LogP) is 15.4. The van der Waals surface area contributed by atoms with Crippen molar-refractivity contribution in [1.29, 1.82) is 0 Å². The molecule has 0 bridgehead atoms. The molecule has 0 spiro atoms. The first-order valence-electron chi connectivity index (χ1n) is 21.7. The van der Waals surface area contributed by atoms with E-state index in [0.717, 1.165) is 51.4 Å². The maximum Gasteiger partial charge on any atom is 0.0210 e. The average molecular weight is 719 g/mol. The molecule has 0 amide bonds. The molecule has 0 heteroatoms. The normalized spacial score (nSPS) is 15.9. The van der Waals surface area contributed by atoms with Crippen LogP contribution < -0.4 is 0 Å². The lowest BCUT2D eigenvalue weighted by molar-refractivity contribution is 0.490. The fraction of sp³-hybridized carbons (Fsp3) is 0.345. The molecule has 0 saturated heterocycles. The van der Waals surface area contributed by atoms with Crippen molar-refractivity contribution < 1.29 is 0 Å². The lowest BCUT2D eigenvalue weighted by Gasteiger charge is -2.31. The maximum absolute atomic E-state index is 2.63. The van der Waals surface area contributed by atoms with Crippen LogP contribution in [0.4, 0.5) is 0 Å². The van der Waals surface area contributed by atoms with Gasteiger partial charge in [-0.15, -0.1) is 0 Å². The highest BCUT2D eigenvalue weighted by Gasteiger charge is 2.44. The molecule has 0 unspecified atom stereocenters. The molecule has 6 aromatic carbocycles. The van der Waals surface area contributed by atoms with Crippen molar-refractivity contribution >= 4 is 0 Å². The summed E-state index contributed by atoms with van der Waals surface area (Å²) in [6.07, 6.45) is 8.66. The van der Waals surface area contributed by atoms with Gasteiger partial charge in [-0.2, -0.15) is 0 Å². The summed E-state index contributed by atoms with van der Waals surface area (Å²) in [5.74, 6) is 0. The third kappa shape index (κ3) is 4.70. The highest BCUT2D eigenvalue weighted by molar-refractivity contribution is 5.91. The number of aryl methyl sites for hydroxylation is 2. The van der Waals surface area contributed by atoms with Gasteiger partial charge >= 0.3 is 0 Å². The molecule has 0 saturated carbocycles. The number of rotatable bonds is 10.